The van der Waals surface area contributed by atoms with Crippen LogP contribution in [0.15, 0.2) is 0 Å². The Kier molecular flexibility index (Phi) is 4.30. The van der Waals surface area contributed by atoms with Crippen LogP contribution in [0.4, 0.5) is 0 Å². The average molecular weight is 168 g/mol. The highest BCUT2D eigenvalue weighted by Crippen LogP contribution is 2.26. The van der Waals surface area contributed by atoms with Crippen LogP contribution in [0.3, 0.4) is 0 Å². The van der Waals surface area contributed by atoms with Crippen LogP contribution < -0.4 is 5.32 Å². The van der Waals surface area contributed by atoms with Crippen LogP contribution in [-0.2, 0) is 4.79 Å². The molecule has 1 radical (unpaired) electrons. The minimum absolute atomic E-state index is 0.0342. The van der Waals surface area contributed by atoms with E-state index >= 15 is 0 Å². The van der Waals surface area contributed by atoms with E-state index in [1.54, 1.807) is 0 Å². The van der Waals surface area contributed by atoms with Gasteiger partial charge in [-0.1, -0.05) is 32.1 Å². The Bertz CT molecular complexity index is 130. The molecule has 1 atom stereocenters. The summed E-state index contributed by atoms with van der Waals surface area (Å²) in [5.74, 6) is 0.762. The molecule has 0 aromatic rings. The van der Waals surface area contributed by atoms with Gasteiger partial charge in [-0.25, -0.2) is 0 Å². The number of rotatable bonds is 4. The second kappa shape index (κ2) is 5.31. The van der Waals surface area contributed by atoms with Crippen molar-refractivity contribution in [3.63, 3.8) is 0 Å². The molecule has 0 heterocycles. The van der Waals surface area contributed by atoms with Crippen molar-refractivity contribution in [1.29, 1.82) is 0 Å². The van der Waals surface area contributed by atoms with E-state index in [1.165, 1.54) is 32.1 Å². The van der Waals surface area contributed by atoms with Crippen LogP contribution in [-0.4, -0.2) is 19.4 Å². The molecule has 1 fully saturated rings. The zero-order valence-electron chi connectivity index (χ0n) is 7.81. The van der Waals surface area contributed by atoms with E-state index in [0.717, 1.165) is 12.3 Å². The van der Waals surface area contributed by atoms with Crippen LogP contribution in [0, 0.1) is 5.92 Å². The SMILES string of the molecule is CN[C@H]([C]=O)CC1CCCCC1. The molecule has 12 heavy (non-hydrogen) atoms. The standard InChI is InChI=1S/C10H18NO/c1-11-10(8-12)7-9-5-3-2-4-6-9/h9-11H,2-7H2,1H3/t10-/m0/s1. The molecule has 1 saturated carbocycles. The molecule has 69 valence electrons. The van der Waals surface area contributed by atoms with Crippen molar-refractivity contribution in [3.8, 4) is 0 Å². The summed E-state index contributed by atoms with van der Waals surface area (Å²) in [4.78, 5) is 10.4. The largest absolute Gasteiger partial charge is 0.310 e. The molecule has 0 unspecified atom stereocenters. The van der Waals surface area contributed by atoms with Crippen molar-refractivity contribution in [3.05, 3.63) is 0 Å². The number of hydrogen-bond acceptors (Lipinski definition) is 2. The molecule has 1 aliphatic rings. The summed E-state index contributed by atoms with van der Waals surface area (Å²) in [5.41, 5.74) is 0. The molecule has 2 heteroatoms. The van der Waals surface area contributed by atoms with E-state index in [2.05, 4.69) is 5.32 Å². The first-order chi connectivity index (χ1) is 5.86. The molecule has 2 nitrogen and oxygen atoms in total. The smallest absolute Gasteiger partial charge is 0.216 e. The van der Waals surface area contributed by atoms with Gasteiger partial charge in [0, 0.05) is 0 Å². The Morgan fingerprint density at radius 1 is 1.42 bits per heavy atom. The zero-order chi connectivity index (χ0) is 8.81. The quantitative estimate of drug-likeness (QED) is 0.691. The second-order valence-electron chi connectivity index (χ2n) is 3.70. The predicted octanol–water partition coefficient (Wildman–Crippen LogP) is 1.65. The third-order valence-corrected chi connectivity index (χ3v) is 2.78. The number of hydrogen-bond donors (Lipinski definition) is 1. The van der Waals surface area contributed by atoms with Gasteiger partial charge in [0.2, 0.25) is 6.29 Å². The third-order valence-electron chi connectivity index (χ3n) is 2.78. The van der Waals surface area contributed by atoms with Crippen LogP contribution in [0.25, 0.3) is 0 Å². The summed E-state index contributed by atoms with van der Waals surface area (Å²) in [6.45, 7) is 0. The summed E-state index contributed by atoms with van der Waals surface area (Å²) in [7, 11) is 1.83. The summed E-state index contributed by atoms with van der Waals surface area (Å²) >= 11 is 0. The highest BCUT2D eigenvalue weighted by atomic mass is 16.1. The fourth-order valence-electron chi connectivity index (χ4n) is 1.98. The van der Waals surface area contributed by atoms with E-state index in [-0.39, 0.29) is 6.04 Å². The summed E-state index contributed by atoms with van der Waals surface area (Å²) in [5, 5.41) is 2.98. The van der Waals surface area contributed by atoms with E-state index in [1.807, 2.05) is 13.3 Å². The molecular weight excluding hydrogens is 150 g/mol. The van der Waals surface area contributed by atoms with Crippen molar-refractivity contribution in [2.24, 2.45) is 5.92 Å². The van der Waals surface area contributed by atoms with Crippen LogP contribution in [0.1, 0.15) is 38.5 Å². The number of nitrogens with one attached hydrogen (secondary N) is 1. The van der Waals surface area contributed by atoms with Crippen molar-refractivity contribution in [2.45, 2.75) is 44.6 Å². The van der Waals surface area contributed by atoms with Crippen LogP contribution in [0.2, 0.25) is 0 Å². The molecule has 0 saturated heterocycles. The zero-order valence-corrected chi connectivity index (χ0v) is 7.81. The van der Waals surface area contributed by atoms with E-state index < -0.39 is 0 Å². The average Bonchev–Trinajstić information content (AvgIpc) is 2.16. The molecular formula is C10H18NO. The molecule has 0 aromatic carbocycles. The van der Waals surface area contributed by atoms with Gasteiger partial charge in [0.15, 0.2) is 0 Å². The summed E-state index contributed by atoms with van der Waals surface area (Å²) < 4.78 is 0. The van der Waals surface area contributed by atoms with Gasteiger partial charge in [-0.2, -0.15) is 0 Å². The number of carbonyl (C=O) groups excluding carboxylic acids is 1. The maximum atomic E-state index is 10.4. The molecule has 0 aromatic heterocycles. The topological polar surface area (TPSA) is 29.1 Å². The van der Waals surface area contributed by atoms with Crippen molar-refractivity contribution < 1.29 is 4.79 Å². The van der Waals surface area contributed by atoms with Gasteiger partial charge >= 0.3 is 0 Å². The van der Waals surface area contributed by atoms with E-state index in [9.17, 15) is 4.79 Å². The second-order valence-corrected chi connectivity index (χ2v) is 3.70. The van der Waals surface area contributed by atoms with Gasteiger partial charge in [-0.05, 0) is 19.4 Å². The predicted molar refractivity (Wildman–Crippen MR) is 49.7 cm³/mol. The molecule has 0 amide bonds. The maximum absolute atomic E-state index is 10.4. The Morgan fingerprint density at radius 2 is 2.08 bits per heavy atom. The summed E-state index contributed by atoms with van der Waals surface area (Å²) in [6, 6.07) is -0.0342. The fraction of sp³-hybridized carbons (Fsp3) is 0.900. The van der Waals surface area contributed by atoms with Crippen molar-refractivity contribution >= 4 is 6.29 Å². The van der Waals surface area contributed by atoms with Gasteiger partial charge in [-0.3, -0.25) is 4.79 Å². The Labute approximate surface area is 74.7 Å². The maximum Gasteiger partial charge on any atom is 0.216 e. The molecule has 0 spiro atoms. The first-order valence-electron chi connectivity index (χ1n) is 4.91. The first-order valence-corrected chi connectivity index (χ1v) is 4.91. The van der Waals surface area contributed by atoms with Gasteiger partial charge in [-0.15, -0.1) is 0 Å². The monoisotopic (exact) mass is 168 g/mol. The normalized spacial score (nSPS) is 22.1. The molecule has 1 N–H and O–H groups in total. The van der Waals surface area contributed by atoms with Gasteiger partial charge in [0.05, 0.1) is 6.04 Å². The lowest BCUT2D eigenvalue weighted by atomic mass is 9.85. The lowest BCUT2D eigenvalue weighted by molar-refractivity contribution is 0.321. The van der Waals surface area contributed by atoms with Gasteiger partial charge < -0.3 is 5.32 Å². The van der Waals surface area contributed by atoms with Gasteiger partial charge in [0.25, 0.3) is 0 Å². The van der Waals surface area contributed by atoms with Gasteiger partial charge in [0.1, 0.15) is 0 Å². The fourth-order valence-corrected chi connectivity index (χ4v) is 1.98. The Hall–Kier alpha value is -0.370. The van der Waals surface area contributed by atoms with E-state index in [4.69, 9.17) is 0 Å². The van der Waals surface area contributed by atoms with Crippen molar-refractivity contribution in [2.75, 3.05) is 7.05 Å². The molecule has 0 aliphatic heterocycles. The molecule has 1 rings (SSSR count). The van der Waals surface area contributed by atoms with E-state index in [0.29, 0.717) is 0 Å². The molecule has 0 bridgehead atoms. The van der Waals surface area contributed by atoms with Crippen molar-refractivity contribution in [1.82, 2.24) is 5.32 Å². The highest BCUT2D eigenvalue weighted by Gasteiger charge is 2.17. The van der Waals surface area contributed by atoms with Crippen LogP contribution >= 0.6 is 0 Å². The van der Waals surface area contributed by atoms with Crippen LogP contribution in [0.5, 0.6) is 0 Å². The molecule has 1 aliphatic carbocycles. The third kappa shape index (κ3) is 2.94. The lowest BCUT2D eigenvalue weighted by Crippen LogP contribution is -2.29. The Morgan fingerprint density at radius 3 is 2.58 bits per heavy atom. The Balaban J connectivity index is 2.22. The minimum atomic E-state index is -0.0342. The lowest BCUT2D eigenvalue weighted by Gasteiger charge is -2.23. The first kappa shape index (κ1) is 9.72. The number of likely N-dealkylation sites (N-methyl/N-ethyl adjacent to an activating group) is 1. The minimum Gasteiger partial charge on any atom is -0.310 e. The summed E-state index contributed by atoms with van der Waals surface area (Å²) in [6.07, 6.45) is 9.71. The highest BCUT2D eigenvalue weighted by molar-refractivity contribution is 5.58.